The zero-order valence-electron chi connectivity index (χ0n) is 13.3. The van der Waals surface area contributed by atoms with Crippen molar-refractivity contribution in [3.8, 4) is 11.6 Å². The summed E-state index contributed by atoms with van der Waals surface area (Å²) < 4.78 is 26.1. The van der Waals surface area contributed by atoms with Gasteiger partial charge in [0.25, 0.3) is 5.89 Å². The molecule has 1 aromatic carbocycles. The van der Waals surface area contributed by atoms with Gasteiger partial charge in [-0.1, -0.05) is 24.2 Å². The Balaban J connectivity index is 1.56. The van der Waals surface area contributed by atoms with Crippen LogP contribution < -0.4 is 0 Å². The van der Waals surface area contributed by atoms with Crippen LogP contribution in [0.2, 0.25) is 0 Å². The molecule has 0 aliphatic carbocycles. The third-order valence-electron chi connectivity index (χ3n) is 4.04. The summed E-state index contributed by atoms with van der Waals surface area (Å²) in [5.41, 5.74) is 2.55. The average Bonchev–Trinajstić information content (AvgIpc) is 3.21. The van der Waals surface area contributed by atoms with E-state index in [1.807, 2.05) is 10.7 Å². The fraction of sp³-hybridized carbons (Fsp3) is 0.353. The first-order valence-electron chi connectivity index (χ1n) is 7.99. The standard InChI is InChI=1S/C17H17FN4O2/c1-2-3-16-19-17(24-21-16)14-8-13-10-23-15(9-22(13)20-14)11-4-6-12(18)7-5-11/h4-8,15H,2-3,9-10H2,1H3/t15-/m1/s1. The molecule has 0 radical (unpaired) electrons. The Kier molecular flexibility index (Phi) is 3.86. The molecular weight excluding hydrogens is 311 g/mol. The summed E-state index contributed by atoms with van der Waals surface area (Å²) in [4.78, 5) is 4.36. The van der Waals surface area contributed by atoms with Crippen molar-refractivity contribution >= 4 is 0 Å². The van der Waals surface area contributed by atoms with Crippen LogP contribution in [-0.4, -0.2) is 19.9 Å². The van der Waals surface area contributed by atoms with Crippen molar-refractivity contribution in [2.45, 2.75) is 39.0 Å². The van der Waals surface area contributed by atoms with Gasteiger partial charge in [-0.3, -0.25) is 4.68 Å². The quantitative estimate of drug-likeness (QED) is 0.735. The van der Waals surface area contributed by atoms with Gasteiger partial charge < -0.3 is 9.26 Å². The van der Waals surface area contributed by atoms with E-state index in [4.69, 9.17) is 9.26 Å². The van der Waals surface area contributed by atoms with Crippen molar-refractivity contribution < 1.29 is 13.7 Å². The number of hydrogen-bond acceptors (Lipinski definition) is 5. The molecule has 0 amide bonds. The SMILES string of the molecule is CCCc1noc(-c2cc3n(n2)C[C@H](c2ccc(F)cc2)OC3)n1. The Morgan fingerprint density at radius 2 is 2.12 bits per heavy atom. The van der Waals surface area contributed by atoms with Crippen LogP contribution in [0.4, 0.5) is 4.39 Å². The van der Waals surface area contributed by atoms with Gasteiger partial charge in [0.2, 0.25) is 0 Å². The Bertz CT molecular complexity index is 841. The normalized spacial score (nSPS) is 17.0. The summed E-state index contributed by atoms with van der Waals surface area (Å²) in [7, 11) is 0. The lowest BCUT2D eigenvalue weighted by molar-refractivity contribution is -0.00116. The Morgan fingerprint density at radius 3 is 2.92 bits per heavy atom. The molecule has 0 saturated carbocycles. The first kappa shape index (κ1) is 15.0. The molecule has 0 spiro atoms. The number of aromatic nitrogens is 4. The van der Waals surface area contributed by atoms with Crippen molar-refractivity contribution in [2.75, 3.05) is 0 Å². The van der Waals surface area contributed by atoms with E-state index >= 15 is 0 Å². The molecule has 124 valence electrons. The maximum absolute atomic E-state index is 13.1. The average molecular weight is 328 g/mol. The summed E-state index contributed by atoms with van der Waals surface area (Å²) in [5, 5.41) is 8.51. The van der Waals surface area contributed by atoms with Crippen LogP contribution in [0, 0.1) is 5.82 Å². The number of fused-ring (bicyclic) bond motifs is 1. The van der Waals surface area contributed by atoms with Gasteiger partial charge in [0.15, 0.2) is 11.5 Å². The summed E-state index contributed by atoms with van der Waals surface area (Å²) in [5.74, 6) is 0.869. The molecule has 7 heteroatoms. The number of aryl methyl sites for hydroxylation is 1. The second kappa shape index (κ2) is 6.16. The van der Waals surface area contributed by atoms with Crippen molar-refractivity contribution in [3.63, 3.8) is 0 Å². The number of hydrogen-bond donors (Lipinski definition) is 0. The molecule has 6 nitrogen and oxygen atoms in total. The van der Waals surface area contributed by atoms with Crippen molar-refractivity contribution in [1.29, 1.82) is 0 Å². The van der Waals surface area contributed by atoms with E-state index in [9.17, 15) is 4.39 Å². The van der Waals surface area contributed by atoms with Crippen LogP contribution in [0.5, 0.6) is 0 Å². The van der Waals surface area contributed by atoms with Crippen LogP contribution in [0.25, 0.3) is 11.6 Å². The summed E-state index contributed by atoms with van der Waals surface area (Å²) in [6.45, 7) is 3.07. The van der Waals surface area contributed by atoms with E-state index < -0.39 is 0 Å². The van der Waals surface area contributed by atoms with Gasteiger partial charge >= 0.3 is 0 Å². The third kappa shape index (κ3) is 2.82. The molecule has 0 saturated heterocycles. The molecule has 0 bridgehead atoms. The van der Waals surface area contributed by atoms with E-state index in [-0.39, 0.29) is 11.9 Å². The monoisotopic (exact) mass is 328 g/mol. The van der Waals surface area contributed by atoms with E-state index in [1.165, 1.54) is 12.1 Å². The Hall–Kier alpha value is -2.54. The molecule has 0 unspecified atom stereocenters. The smallest absolute Gasteiger partial charge is 0.278 e. The highest BCUT2D eigenvalue weighted by atomic mass is 19.1. The molecule has 3 heterocycles. The molecule has 24 heavy (non-hydrogen) atoms. The van der Waals surface area contributed by atoms with Gasteiger partial charge in [0, 0.05) is 6.42 Å². The Labute approximate surface area is 138 Å². The maximum atomic E-state index is 13.1. The van der Waals surface area contributed by atoms with Gasteiger partial charge in [-0.25, -0.2) is 4.39 Å². The molecule has 2 aromatic heterocycles. The summed E-state index contributed by atoms with van der Waals surface area (Å²) >= 11 is 0. The zero-order chi connectivity index (χ0) is 16.5. The molecule has 0 fully saturated rings. The van der Waals surface area contributed by atoms with Gasteiger partial charge in [-0.2, -0.15) is 10.1 Å². The van der Waals surface area contributed by atoms with Crippen LogP contribution in [-0.2, 0) is 24.3 Å². The van der Waals surface area contributed by atoms with Crippen LogP contribution in [0.3, 0.4) is 0 Å². The van der Waals surface area contributed by atoms with E-state index in [0.29, 0.717) is 30.6 Å². The lowest BCUT2D eigenvalue weighted by Crippen LogP contribution is -2.21. The summed E-state index contributed by atoms with van der Waals surface area (Å²) in [6.07, 6.45) is 1.60. The van der Waals surface area contributed by atoms with E-state index in [0.717, 1.165) is 24.1 Å². The first-order valence-corrected chi connectivity index (χ1v) is 7.99. The fourth-order valence-electron chi connectivity index (χ4n) is 2.79. The lowest BCUT2D eigenvalue weighted by atomic mass is 10.1. The largest absolute Gasteiger partial charge is 0.365 e. The molecule has 0 N–H and O–H groups in total. The maximum Gasteiger partial charge on any atom is 0.278 e. The number of nitrogens with zero attached hydrogens (tertiary/aromatic N) is 4. The highest BCUT2D eigenvalue weighted by Crippen LogP contribution is 2.28. The number of ether oxygens (including phenoxy) is 1. The molecule has 1 atom stereocenters. The number of rotatable bonds is 4. The zero-order valence-corrected chi connectivity index (χ0v) is 13.3. The summed E-state index contributed by atoms with van der Waals surface area (Å²) in [6, 6.07) is 8.27. The van der Waals surface area contributed by atoms with Crippen molar-refractivity contribution in [1.82, 2.24) is 19.9 Å². The van der Waals surface area contributed by atoms with Crippen LogP contribution >= 0.6 is 0 Å². The molecule has 1 aliphatic heterocycles. The molecular formula is C17H17FN4O2. The van der Waals surface area contributed by atoms with Gasteiger partial charge in [0.1, 0.15) is 11.9 Å². The Morgan fingerprint density at radius 1 is 1.29 bits per heavy atom. The van der Waals surface area contributed by atoms with E-state index in [2.05, 4.69) is 22.2 Å². The predicted octanol–water partition coefficient (Wildman–Crippen LogP) is 3.30. The minimum absolute atomic E-state index is 0.149. The number of halogens is 1. The minimum atomic E-state index is -0.254. The van der Waals surface area contributed by atoms with Crippen LogP contribution in [0.15, 0.2) is 34.9 Å². The molecule has 1 aliphatic rings. The topological polar surface area (TPSA) is 66.0 Å². The van der Waals surface area contributed by atoms with E-state index in [1.54, 1.807) is 12.1 Å². The second-order valence-electron chi connectivity index (χ2n) is 5.82. The predicted molar refractivity (Wildman–Crippen MR) is 83.4 cm³/mol. The fourth-order valence-corrected chi connectivity index (χ4v) is 2.79. The van der Waals surface area contributed by atoms with Crippen molar-refractivity contribution in [3.05, 3.63) is 53.2 Å². The third-order valence-corrected chi connectivity index (χ3v) is 4.04. The molecule has 4 rings (SSSR count). The highest BCUT2D eigenvalue weighted by molar-refractivity contribution is 5.47. The van der Waals surface area contributed by atoms with Gasteiger partial charge in [-0.15, -0.1) is 0 Å². The van der Waals surface area contributed by atoms with Gasteiger partial charge in [-0.05, 0) is 30.2 Å². The minimum Gasteiger partial charge on any atom is -0.365 e. The second-order valence-corrected chi connectivity index (χ2v) is 5.82. The number of benzene rings is 1. The lowest BCUT2D eigenvalue weighted by Gasteiger charge is -2.24. The first-order chi connectivity index (χ1) is 11.7. The molecule has 3 aromatic rings. The van der Waals surface area contributed by atoms with Crippen LogP contribution in [0.1, 0.15) is 36.5 Å². The van der Waals surface area contributed by atoms with Crippen molar-refractivity contribution in [2.24, 2.45) is 0 Å². The highest BCUT2D eigenvalue weighted by Gasteiger charge is 2.24. The van der Waals surface area contributed by atoms with Gasteiger partial charge in [0.05, 0.1) is 18.8 Å².